The molecule has 1 rings (SSSR count). The van der Waals surface area contributed by atoms with Gasteiger partial charge in [-0.25, -0.2) is 0 Å². The van der Waals surface area contributed by atoms with Crippen LogP contribution >= 0.6 is 11.8 Å². The van der Waals surface area contributed by atoms with Crippen molar-refractivity contribution in [2.75, 3.05) is 18.1 Å². The van der Waals surface area contributed by atoms with E-state index in [9.17, 15) is 4.79 Å². The van der Waals surface area contributed by atoms with Crippen LogP contribution in [0, 0.1) is 18.3 Å². The molecular formula is C10H15NO2S. The predicted molar refractivity (Wildman–Crippen MR) is 58.3 cm³/mol. The third-order valence-corrected chi connectivity index (χ3v) is 3.02. The average molecular weight is 213 g/mol. The largest absolute Gasteiger partial charge is 0.480 e. The Hall–Kier alpha value is -0.660. The highest BCUT2D eigenvalue weighted by atomic mass is 32.2. The van der Waals surface area contributed by atoms with Gasteiger partial charge in [0.15, 0.2) is 0 Å². The number of thioether (sulfide) groups is 1. The molecule has 0 aliphatic heterocycles. The smallest absolute Gasteiger partial charge is 0.320 e. The van der Waals surface area contributed by atoms with E-state index in [0.717, 1.165) is 25.1 Å². The van der Waals surface area contributed by atoms with E-state index >= 15 is 0 Å². The van der Waals surface area contributed by atoms with Crippen molar-refractivity contribution in [1.82, 2.24) is 5.32 Å². The first kappa shape index (κ1) is 11.4. The lowest BCUT2D eigenvalue weighted by atomic mass is 10.2. The SMILES string of the molecule is C#CCSCCNC(C(=O)O)C1CC1. The first-order chi connectivity index (χ1) is 6.75. The molecule has 14 heavy (non-hydrogen) atoms. The number of aliphatic carboxylic acids is 1. The maximum absolute atomic E-state index is 10.8. The van der Waals surface area contributed by atoms with Gasteiger partial charge >= 0.3 is 5.97 Å². The van der Waals surface area contributed by atoms with Crippen LogP contribution in [-0.4, -0.2) is 35.2 Å². The monoisotopic (exact) mass is 213 g/mol. The molecule has 1 aliphatic carbocycles. The summed E-state index contributed by atoms with van der Waals surface area (Å²) in [7, 11) is 0. The summed E-state index contributed by atoms with van der Waals surface area (Å²) in [6.45, 7) is 0.722. The van der Waals surface area contributed by atoms with E-state index in [1.54, 1.807) is 11.8 Å². The molecule has 1 unspecified atom stereocenters. The van der Waals surface area contributed by atoms with Crippen molar-refractivity contribution in [3.8, 4) is 12.3 Å². The Labute approximate surface area is 88.6 Å². The van der Waals surface area contributed by atoms with Crippen molar-refractivity contribution < 1.29 is 9.90 Å². The zero-order chi connectivity index (χ0) is 10.4. The number of rotatable bonds is 7. The lowest BCUT2D eigenvalue weighted by molar-refractivity contribution is -0.140. The van der Waals surface area contributed by atoms with Crippen LogP contribution in [0.15, 0.2) is 0 Å². The molecule has 0 heterocycles. The number of carboxylic acids is 1. The van der Waals surface area contributed by atoms with Gasteiger partial charge in [-0.1, -0.05) is 5.92 Å². The maximum atomic E-state index is 10.8. The van der Waals surface area contributed by atoms with Gasteiger partial charge in [-0.05, 0) is 18.8 Å². The molecule has 4 heteroatoms. The van der Waals surface area contributed by atoms with Gasteiger partial charge in [0, 0.05) is 12.3 Å². The number of carboxylic acid groups (broad SMARTS) is 1. The van der Waals surface area contributed by atoms with Gasteiger partial charge in [0.25, 0.3) is 0 Å². The molecule has 1 aliphatic rings. The Balaban J connectivity index is 2.08. The van der Waals surface area contributed by atoms with Crippen molar-refractivity contribution in [3.05, 3.63) is 0 Å². The third kappa shape index (κ3) is 4.03. The van der Waals surface area contributed by atoms with Crippen LogP contribution in [0.5, 0.6) is 0 Å². The van der Waals surface area contributed by atoms with Gasteiger partial charge in [0.2, 0.25) is 0 Å². The fourth-order valence-corrected chi connectivity index (χ4v) is 1.83. The Bertz CT molecular complexity index is 233. The molecule has 0 aromatic rings. The van der Waals surface area contributed by atoms with Crippen molar-refractivity contribution >= 4 is 17.7 Å². The molecule has 0 bridgehead atoms. The van der Waals surface area contributed by atoms with Crippen molar-refractivity contribution in [3.63, 3.8) is 0 Å². The summed E-state index contributed by atoms with van der Waals surface area (Å²) in [5.74, 6) is 3.73. The average Bonchev–Trinajstić information content (AvgIpc) is 2.94. The summed E-state index contributed by atoms with van der Waals surface area (Å²) in [6, 6.07) is -0.346. The number of hydrogen-bond acceptors (Lipinski definition) is 3. The van der Waals surface area contributed by atoms with Crippen LogP contribution < -0.4 is 5.32 Å². The molecule has 1 fully saturated rings. The Morgan fingerprint density at radius 3 is 2.93 bits per heavy atom. The lowest BCUT2D eigenvalue weighted by Gasteiger charge is -2.12. The summed E-state index contributed by atoms with van der Waals surface area (Å²) in [6.07, 6.45) is 7.18. The van der Waals surface area contributed by atoms with Crippen LogP contribution in [0.25, 0.3) is 0 Å². The molecule has 78 valence electrons. The molecule has 1 saturated carbocycles. The zero-order valence-electron chi connectivity index (χ0n) is 8.03. The fraction of sp³-hybridized carbons (Fsp3) is 0.700. The van der Waals surface area contributed by atoms with Gasteiger partial charge in [0.1, 0.15) is 6.04 Å². The fourth-order valence-electron chi connectivity index (χ4n) is 1.30. The van der Waals surface area contributed by atoms with E-state index in [0.29, 0.717) is 11.7 Å². The second-order valence-electron chi connectivity index (χ2n) is 3.36. The van der Waals surface area contributed by atoms with Gasteiger partial charge in [-0.2, -0.15) is 0 Å². The summed E-state index contributed by atoms with van der Waals surface area (Å²) in [5.41, 5.74) is 0. The molecule has 1 atom stereocenters. The highest BCUT2D eigenvalue weighted by Crippen LogP contribution is 2.32. The summed E-state index contributed by atoms with van der Waals surface area (Å²) < 4.78 is 0. The Morgan fingerprint density at radius 2 is 2.43 bits per heavy atom. The van der Waals surface area contributed by atoms with Crippen LogP contribution in [0.3, 0.4) is 0 Å². The molecule has 3 nitrogen and oxygen atoms in total. The normalized spacial score (nSPS) is 17.4. The summed E-state index contributed by atoms with van der Waals surface area (Å²) in [4.78, 5) is 10.8. The first-order valence-corrected chi connectivity index (χ1v) is 5.88. The van der Waals surface area contributed by atoms with Crippen molar-refractivity contribution in [2.45, 2.75) is 18.9 Å². The molecule has 0 aromatic carbocycles. The first-order valence-electron chi connectivity index (χ1n) is 4.73. The van der Waals surface area contributed by atoms with E-state index < -0.39 is 5.97 Å². The number of carbonyl (C=O) groups is 1. The van der Waals surface area contributed by atoms with E-state index in [1.165, 1.54) is 0 Å². The van der Waals surface area contributed by atoms with Crippen LogP contribution in [0.4, 0.5) is 0 Å². The van der Waals surface area contributed by atoms with E-state index in [4.69, 9.17) is 11.5 Å². The van der Waals surface area contributed by atoms with Gasteiger partial charge in [0.05, 0.1) is 5.75 Å². The topological polar surface area (TPSA) is 49.3 Å². The number of terminal acetylenes is 1. The predicted octanol–water partition coefficient (Wildman–Crippen LogP) is 0.806. The zero-order valence-corrected chi connectivity index (χ0v) is 8.85. The lowest BCUT2D eigenvalue weighted by Crippen LogP contribution is -2.39. The highest BCUT2D eigenvalue weighted by Gasteiger charge is 2.35. The maximum Gasteiger partial charge on any atom is 0.320 e. The van der Waals surface area contributed by atoms with E-state index in [2.05, 4.69) is 11.2 Å². The number of hydrogen-bond donors (Lipinski definition) is 2. The minimum absolute atomic E-state index is 0.346. The minimum Gasteiger partial charge on any atom is -0.480 e. The molecule has 0 amide bonds. The minimum atomic E-state index is -0.727. The molecular weight excluding hydrogens is 198 g/mol. The molecule has 0 radical (unpaired) electrons. The quantitative estimate of drug-likeness (QED) is 0.485. The Kier molecular flexibility index (Phi) is 4.85. The van der Waals surface area contributed by atoms with Gasteiger partial charge < -0.3 is 10.4 Å². The van der Waals surface area contributed by atoms with Crippen molar-refractivity contribution in [1.29, 1.82) is 0 Å². The molecule has 0 saturated heterocycles. The number of nitrogens with one attached hydrogen (secondary N) is 1. The standard InChI is InChI=1S/C10H15NO2S/c1-2-6-14-7-5-11-9(10(12)13)8-3-4-8/h1,8-9,11H,3-7H2,(H,12,13). The van der Waals surface area contributed by atoms with Gasteiger partial charge in [-0.3, -0.25) is 4.79 Å². The summed E-state index contributed by atoms with van der Waals surface area (Å²) in [5, 5.41) is 11.9. The van der Waals surface area contributed by atoms with Crippen LogP contribution in [0.2, 0.25) is 0 Å². The second-order valence-corrected chi connectivity index (χ2v) is 4.47. The van der Waals surface area contributed by atoms with Gasteiger partial charge in [-0.15, -0.1) is 18.2 Å². The van der Waals surface area contributed by atoms with Crippen LogP contribution in [-0.2, 0) is 4.79 Å². The van der Waals surface area contributed by atoms with E-state index in [-0.39, 0.29) is 6.04 Å². The Morgan fingerprint density at radius 1 is 1.71 bits per heavy atom. The third-order valence-electron chi connectivity index (χ3n) is 2.16. The van der Waals surface area contributed by atoms with Crippen LogP contribution in [0.1, 0.15) is 12.8 Å². The highest BCUT2D eigenvalue weighted by molar-refractivity contribution is 7.99. The molecule has 0 aromatic heterocycles. The second kappa shape index (κ2) is 5.94. The van der Waals surface area contributed by atoms with E-state index in [1.807, 2.05) is 0 Å². The summed E-state index contributed by atoms with van der Waals surface area (Å²) >= 11 is 1.65. The molecule has 0 spiro atoms. The molecule has 2 N–H and O–H groups in total. The van der Waals surface area contributed by atoms with Crippen molar-refractivity contribution in [2.24, 2.45) is 5.92 Å².